The average Bonchev–Trinajstić information content (AvgIpc) is 3.42. The molecule has 1 saturated heterocycles. The standard InChI is InChI=1S/C17H24Cl2N2.C4H6O6/c18-15-6-5-14(17(19)9-15)12-21(16-3-1-2-4-16)11-13-7-8-20-10-13;5-1(3(7)8)2(6)4(9)10/h5-6,9,13,16,20H,1-4,7-8,10-12H2;1-2,5-6H,(H,7,8)(H,9,10)/t13-;1-,2-/m11/s1. The molecule has 0 spiro atoms. The van der Waals surface area contributed by atoms with Crippen molar-refractivity contribution < 1.29 is 30.0 Å². The molecule has 1 aliphatic heterocycles. The van der Waals surface area contributed by atoms with Crippen molar-refractivity contribution in [1.82, 2.24) is 10.2 Å². The molecule has 5 N–H and O–H groups in total. The van der Waals surface area contributed by atoms with Gasteiger partial charge in [-0.15, -0.1) is 0 Å². The Morgan fingerprint density at radius 1 is 1.06 bits per heavy atom. The zero-order valence-electron chi connectivity index (χ0n) is 17.2. The second-order valence-corrected chi connectivity index (χ2v) is 8.87. The van der Waals surface area contributed by atoms with Gasteiger partial charge in [0.25, 0.3) is 0 Å². The van der Waals surface area contributed by atoms with E-state index in [1.165, 1.54) is 50.8 Å². The normalized spacial score (nSPS) is 20.9. The second-order valence-electron chi connectivity index (χ2n) is 8.03. The maximum absolute atomic E-state index is 9.77. The summed E-state index contributed by atoms with van der Waals surface area (Å²) in [5.74, 6) is -2.75. The lowest BCUT2D eigenvalue weighted by Gasteiger charge is -2.31. The van der Waals surface area contributed by atoms with Crippen molar-refractivity contribution in [2.45, 2.75) is 56.9 Å². The molecule has 2 fully saturated rings. The Balaban J connectivity index is 0.000000291. The van der Waals surface area contributed by atoms with E-state index in [9.17, 15) is 9.59 Å². The average molecular weight is 477 g/mol. The van der Waals surface area contributed by atoms with Crippen molar-refractivity contribution in [2.24, 2.45) is 5.92 Å². The summed E-state index contributed by atoms with van der Waals surface area (Å²) >= 11 is 12.4. The number of nitrogens with zero attached hydrogens (tertiary/aromatic N) is 1. The van der Waals surface area contributed by atoms with Gasteiger partial charge in [-0.1, -0.05) is 42.1 Å². The molecule has 1 heterocycles. The zero-order chi connectivity index (χ0) is 23.0. The molecule has 31 heavy (non-hydrogen) atoms. The summed E-state index contributed by atoms with van der Waals surface area (Å²) in [5.41, 5.74) is 1.21. The number of nitrogens with one attached hydrogen (secondary N) is 1. The maximum Gasteiger partial charge on any atom is 0.335 e. The molecule has 3 rings (SSSR count). The van der Waals surface area contributed by atoms with Crippen LogP contribution in [0, 0.1) is 5.92 Å². The van der Waals surface area contributed by atoms with Crippen LogP contribution in [0.3, 0.4) is 0 Å². The second kappa shape index (κ2) is 12.6. The fourth-order valence-electron chi connectivity index (χ4n) is 3.95. The summed E-state index contributed by atoms with van der Waals surface area (Å²) in [4.78, 5) is 22.2. The monoisotopic (exact) mass is 476 g/mol. The third kappa shape index (κ3) is 8.21. The number of hydrogen-bond acceptors (Lipinski definition) is 6. The highest BCUT2D eigenvalue weighted by atomic mass is 35.5. The number of rotatable bonds is 8. The van der Waals surface area contributed by atoms with E-state index in [-0.39, 0.29) is 0 Å². The Labute approximate surface area is 191 Å². The number of aliphatic carboxylic acids is 2. The largest absolute Gasteiger partial charge is 0.479 e. The Kier molecular flexibility index (Phi) is 10.5. The van der Waals surface area contributed by atoms with Crippen LogP contribution in [0.4, 0.5) is 0 Å². The predicted octanol–water partition coefficient (Wildman–Crippen LogP) is 2.22. The topological polar surface area (TPSA) is 130 Å². The van der Waals surface area contributed by atoms with Crippen LogP contribution in [-0.4, -0.2) is 75.1 Å². The minimum Gasteiger partial charge on any atom is -0.479 e. The van der Waals surface area contributed by atoms with Gasteiger partial charge in [-0.25, -0.2) is 9.59 Å². The molecule has 3 atom stereocenters. The van der Waals surface area contributed by atoms with E-state index >= 15 is 0 Å². The highest BCUT2D eigenvalue weighted by Crippen LogP contribution is 2.29. The number of benzene rings is 1. The number of carboxylic acid groups (broad SMARTS) is 2. The van der Waals surface area contributed by atoms with E-state index in [0.717, 1.165) is 35.1 Å². The first-order valence-corrected chi connectivity index (χ1v) is 11.1. The Morgan fingerprint density at radius 2 is 1.68 bits per heavy atom. The quantitative estimate of drug-likeness (QED) is 0.386. The number of aliphatic hydroxyl groups excluding tert-OH is 2. The molecular weight excluding hydrogens is 447 g/mol. The first-order chi connectivity index (χ1) is 14.7. The zero-order valence-corrected chi connectivity index (χ0v) is 18.7. The third-order valence-electron chi connectivity index (χ3n) is 5.69. The summed E-state index contributed by atoms with van der Waals surface area (Å²) in [6.45, 7) is 4.48. The fraction of sp³-hybridized carbons (Fsp3) is 0.619. The van der Waals surface area contributed by atoms with Crippen LogP contribution in [0.25, 0.3) is 0 Å². The van der Waals surface area contributed by atoms with Crippen LogP contribution in [0.15, 0.2) is 18.2 Å². The number of aliphatic hydroxyl groups is 2. The number of halogens is 2. The number of hydrogen-bond donors (Lipinski definition) is 5. The molecule has 0 radical (unpaired) electrons. The highest BCUT2D eigenvalue weighted by molar-refractivity contribution is 6.35. The van der Waals surface area contributed by atoms with Crippen LogP contribution in [0.2, 0.25) is 10.0 Å². The van der Waals surface area contributed by atoms with Crippen LogP contribution < -0.4 is 5.32 Å². The first-order valence-electron chi connectivity index (χ1n) is 10.4. The lowest BCUT2D eigenvalue weighted by molar-refractivity contribution is -0.165. The highest BCUT2D eigenvalue weighted by Gasteiger charge is 2.29. The smallest absolute Gasteiger partial charge is 0.335 e. The molecule has 0 aromatic heterocycles. The molecule has 1 aromatic carbocycles. The van der Waals surface area contributed by atoms with E-state index in [4.69, 9.17) is 43.6 Å². The van der Waals surface area contributed by atoms with Crippen LogP contribution in [0.5, 0.6) is 0 Å². The van der Waals surface area contributed by atoms with Gasteiger partial charge in [0.1, 0.15) is 0 Å². The summed E-state index contributed by atoms with van der Waals surface area (Å²) < 4.78 is 0. The van der Waals surface area contributed by atoms with Gasteiger partial charge < -0.3 is 25.7 Å². The molecule has 0 unspecified atom stereocenters. The number of carboxylic acids is 2. The maximum atomic E-state index is 9.77. The fourth-order valence-corrected chi connectivity index (χ4v) is 4.42. The lowest BCUT2D eigenvalue weighted by atomic mass is 10.1. The Morgan fingerprint density at radius 3 is 2.16 bits per heavy atom. The SMILES string of the molecule is Clc1ccc(CN(C[C@@H]2CCNC2)C2CCCC2)c(Cl)c1.O=C(O)[C@H](O)[C@@H](O)C(=O)O. The first kappa shape index (κ1) is 25.8. The minimum atomic E-state index is -2.27. The summed E-state index contributed by atoms with van der Waals surface area (Å²) in [5, 5.41) is 37.5. The van der Waals surface area contributed by atoms with Gasteiger partial charge in [0.15, 0.2) is 12.2 Å². The van der Waals surface area contributed by atoms with E-state index in [2.05, 4.69) is 16.3 Å². The van der Waals surface area contributed by atoms with Crippen LogP contribution in [-0.2, 0) is 16.1 Å². The van der Waals surface area contributed by atoms with Gasteiger partial charge in [-0.3, -0.25) is 4.90 Å². The van der Waals surface area contributed by atoms with Crippen LogP contribution in [0.1, 0.15) is 37.7 Å². The molecule has 1 aromatic rings. The van der Waals surface area contributed by atoms with Crippen molar-refractivity contribution in [3.8, 4) is 0 Å². The van der Waals surface area contributed by atoms with Crippen molar-refractivity contribution in [3.63, 3.8) is 0 Å². The summed E-state index contributed by atoms with van der Waals surface area (Å²) in [6.07, 6.45) is 2.19. The van der Waals surface area contributed by atoms with Crippen molar-refractivity contribution in [3.05, 3.63) is 33.8 Å². The summed E-state index contributed by atoms with van der Waals surface area (Å²) in [7, 11) is 0. The third-order valence-corrected chi connectivity index (χ3v) is 6.28. The van der Waals surface area contributed by atoms with Gasteiger partial charge in [0.2, 0.25) is 0 Å². The molecule has 0 amide bonds. The van der Waals surface area contributed by atoms with Gasteiger partial charge >= 0.3 is 11.9 Å². The van der Waals surface area contributed by atoms with Gasteiger partial charge in [0, 0.05) is 29.2 Å². The van der Waals surface area contributed by atoms with E-state index < -0.39 is 24.1 Å². The Hall–Kier alpha value is -1.42. The van der Waals surface area contributed by atoms with E-state index in [1.54, 1.807) is 0 Å². The molecule has 1 aliphatic carbocycles. The molecular formula is C21H30Cl2N2O6. The van der Waals surface area contributed by atoms with Gasteiger partial charge in [0.05, 0.1) is 0 Å². The minimum absolute atomic E-state index is 0.719. The molecule has 2 aliphatic rings. The lowest BCUT2D eigenvalue weighted by Crippen LogP contribution is -2.39. The van der Waals surface area contributed by atoms with Crippen molar-refractivity contribution in [2.75, 3.05) is 19.6 Å². The van der Waals surface area contributed by atoms with Crippen molar-refractivity contribution in [1.29, 1.82) is 0 Å². The molecule has 1 saturated carbocycles. The molecule has 0 bridgehead atoms. The molecule has 174 valence electrons. The Bertz CT molecular complexity index is 721. The van der Waals surface area contributed by atoms with E-state index in [1.807, 2.05) is 12.1 Å². The van der Waals surface area contributed by atoms with Gasteiger partial charge in [-0.05, 0) is 56.0 Å². The molecule has 8 nitrogen and oxygen atoms in total. The van der Waals surface area contributed by atoms with E-state index in [0.29, 0.717) is 0 Å². The number of carbonyl (C=O) groups is 2. The van der Waals surface area contributed by atoms with Gasteiger partial charge in [-0.2, -0.15) is 0 Å². The molecule has 10 heteroatoms. The predicted molar refractivity (Wildman–Crippen MR) is 117 cm³/mol. The van der Waals surface area contributed by atoms with Crippen molar-refractivity contribution >= 4 is 35.1 Å². The van der Waals surface area contributed by atoms with Crippen LogP contribution >= 0.6 is 23.2 Å². The summed E-state index contributed by atoms with van der Waals surface area (Å²) in [6, 6.07) is 6.63.